The molecule has 2 N–H and O–H groups in total. The summed E-state index contributed by atoms with van der Waals surface area (Å²) in [5.74, 6) is 0. The largest absolute Gasteiger partial charge is 0.522 e. The van der Waals surface area contributed by atoms with Crippen LogP contribution in [0.5, 0.6) is 0 Å². The monoisotopic (exact) mass is 1050 g/mol. The van der Waals surface area contributed by atoms with Gasteiger partial charge in [0.15, 0.2) is 0 Å². The predicted molar refractivity (Wildman–Crippen MR) is 244 cm³/mol. The van der Waals surface area contributed by atoms with Gasteiger partial charge in [-0.25, -0.2) is 0 Å². The first-order valence-electron chi connectivity index (χ1n) is 19.6. The standard InChI is InChI=1S/C45H42P2.2CHF3O3S.Pd/c1-43(2)31-45(41-37(43)27-17-29-39(41)46(33-19-9-5-10-20-33)34-21-11-6-12-22-34)32-44(3,4)38-28-18-30-40(42(38)45)47(35-23-13-7-14-24-35)36-25-15-8-16-26-36;2*2-1(3,4)8(5,6)7;/h5-30H,31-32H2,1-4H3;2*(H,5,6,7);/p+2. The smallest absolute Gasteiger partial charge is 0.279 e. The molecule has 64 heavy (non-hydrogen) atoms. The fourth-order valence-corrected chi connectivity index (χ4v) is 15.1. The third-order valence-electron chi connectivity index (χ3n) is 11.4. The van der Waals surface area contributed by atoms with E-state index in [0.717, 1.165) is 12.8 Å². The fraction of sp³-hybridized carbons (Fsp3) is 0.234. The zero-order valence-electron chi connectivity index (χ0n) is 34.9. The minimum absolute atomic E-state index is 0. The predicted octanol–water partition coefficient (Wildman–Crippen LogP) is 9.10. The Balaban J connectivity index is 0.000000388. The Morgan fingerprint density at radius 2 is 0.672 bits per heavy atom. The van der Waals surface area contributed by atoms with Gasteiger partial charge in [-0.2, -0.15) is 43.2 Å². The zero-order valence-corrected chi connectivity index (χ0v) is 40.0. The van der Waals surface area contributed by atoms with Gasteiger partial charge in [-0.05, 0) is 95.5 Å². The summed E-state index contributed by atoms with van der Waals surface area (Å²) in [6.07, 6.45) is 2.27. The molecular weight excluding hydrogens is 1010 g/mol. The number of hydrogen-bond donors (Lipinski definition) is 2. The van der Waals surface area contributed by atoms with Crippen molar-refractivity contribution < 1.29 is 72.7 Å². The van der Waals surface area contributed by atoms with Crippen LogP contribution in [-0.2, 0) is 56.9 Å². The number of rotatable bonds is 6. The van der Waals surface area contributed by atoms with Crippen LogP contribution in [0.25, 0.3) is 0 Å². The molecule has 0 fully saturated rings. The van der Waals surface area contributed by atoms with E-state index in [4.69, 9.17) is 25.9 Å². The maximum Gasteiger partial charge on any atom is 0.522 e. The molecule has 0 unspecified atom stereocenters. The van der Waals surface area contributed by atoms with Gasteiger partial charge in [-0.15, -0.1) is 0 Å². The van der Waals surface area contributed by atoms with Gasteiger partial charge in [0, 0.05) is 37.0 Å². The second kappa shape index (κ2) is 19.2. The molecule has 2 aliphatic carbocycles. The summed E-state index contributed by atoms with van der Waals surface area (Å²) in [6, 6.07) is 60.1. The topological polar surface area (TPSA) is 109 Å². The van der Waals surface area contributed by atoms with Crippen LogP contribution in [0.1, 0.15) is 62.8 Å². The van der Waals surface area contributed by atoms with Crippen LogP contribution in [-0.4, -0.2) is 37.0 Å². The van der Waals surface area contributed by atoms with Crippen molar-refractivity contribution in [1.82, 2.24) is 0 Å². The molecule has 0 aromatic heterocycles. The van der Waals surface area contributed by atoms with Gasteiger partial charge in [0.05, 0.1) is 15.8 Å². The quantitative estimate of drug-likeness (QED) is 0.0567. The van der Waals surface area contributed by atoms with Crippen LogP contribution < -0.4 is 31.8 Å². The van der Waals surface area contributed by atoms with E-state index < -0.39 is 47.1 Å². The third-order valence-corrected chi connectivity index (χ3v) is 18.1. The molecule has 0 aliphatic heterocycles. The Hall–Kier alpha value is -3.76. The number of halogens is 6. The second-order valence-electron chi connectivity index (χ2n) is 16.7. The molecule has 6 nitrogen and oxygen atoms in total. The summed E-state index contributed by atoms with van der Waals surface area (Å²) in [7, 11) is -14.2. The van der Waals surface area contributed by atoms with Gasteiger partial charge in [-0.3, -0.25) is 9.11 Å². The first-order valence-corrected chi connectivity index (χ1v) is 25.5. The van der Waals surface area contributed by atoms with Crippen molar-refractivity contribution in [3.63, 3.8) is 0 Å². The van der Waals surface area contributed by atoms with Crippen molar-refractivity contribution >= 4 is 67.9 Å². The summed E-state index contributed by atoms with van der Waals surface area (Å²) in [5.41, 5.74) is -4.65. The molecule has 0 bridgehead atoms. The molecule has 342 valence electrons. The molecule has 0 radical (unpaired) electrons. The Labute approximate surface area is 386 Å². The third kappa shape index (κ3) is 10.6. The molecule has 0 saturated carbocycles. The Morgan fingerprint density at radius 3 is 0.891 bits per heavy atom. The average molecular weight is 1050 g/mol. The Kier molecular flexibility index (Phi) is 15.4. The van der Waals surface area contributed by atoms with E-state index in [2.05, 4.69) is 185 Å². The van der Waals surface area contributed by atoms with E-state index in [1.807, 2.05) is 0 Å². The first kappa shape index (κ1) is 51.2. The van der Waals surface area contributed by atoms with Crippen LogP contribution in [0.2, 0.25) is 0 Å². The average Bonchev–Trinajstić information content (AvgIpc) is 3.59. The maximum absolute atomic E-state index is 10.7. The zero-order chi connectivity index (χ0) is 46.2. The molecule has 0 heterocycles. The van der Waals surface area contributed by atoms with Crippen molar-refractivity contribution in [3.8, 4) is 0 Å². The molecule has 17 heteroatoms. The molecule has 6 aromatic carbocycles. The Morgan fingerprint density at radius 1 is 0.438 bits per heavy atom. The molecule has 0 amide bonds. The summed E-state index contributed by atoms with van der Waals surface area (Å²) in [5, 5.41) is 8.98. The molecule has 1 spiro atoms. The SMILES string of the molecule is CC1(C)CC2(CC(C)(C)c3cccc([PH+](c4ccccc4)c4ccccc4)c32)c2c([PH+](c3ccccc3)c3ccccc3)cccc21.O=S(=O)(O)C(F)(F)F.O=S(=O)(O)C(F)(F)F.[Pd]. The van der Waals surface area contributed by atoms with Crippen molar-refractivity contribution in [2.24, 2.45) is 0 Å². The molecular formula is C47H46F6O6P2PdS2+2. The van der Waals surface area contributed by atoms with E-state index in [-0.39, 0.29) is 36.7 Å². The van der Waals surface area contributed by atoms with Gasteiger partial charge in [0.1, 0.15) is 31.8 Å². The van der Waals surface area contributed by atoms with E-state index in [1.165, 1.54) is 21.2 Å². The van der Waals surface area contributed by atoms with E-state index in [9.17, 15) is 26.3 Å². The van der Waals surface area contributed by atoms with Crippen LogP contribution in [0.15, 0.2) is 158 Å². The van der Waals surface area contributed by atoms with E-state index in [0.29, 0.717) is 0 Å². The molecule has 0 atom stereocenters. The number of fused-ring (bicyclic) bond motifs is 4. The molecule has 8 rings (SSSR count). The van der Waals surface area contributed by atoms with E-state index in [1.54, 1.807) is 32.9 Å². The van der Waals surface area contributed by atoms with Crippen molar-refractivity contribution in [2.45, 2.75) is 67.8 Å². The van der Waals surface area contributed by atoms with Crippen molar-refractivity contribution in [2.75, 3.05) is 0 Å². The van der Waals surface area contributed by atoms with Gasteiger partial charge in [0.2, 0.25) is 0 Å². The summed E-state index contributed by atoms with van der Waals surface area (Å²) in [4.78, 5) is 0. The fourth-order valence-electron chi connectivity index (χ4n) is 9.30. The number of alkyl halides is 6. The summed E-state index contributed by atoms with van der Waals surface area (Å²) >= 11 is 0. The van der Waals surface area contributed by atoms with Crippen LogP contribution >= 0.6 is 15.8 Å². The van der Waals surface area contributed by atoms with Crippen molar-refractivity contribution in [1.29, 1.82) is 0 Å². The number of hydrogen-bond acceptors (Lipinski definition) is 4. The molecule has 2 aliphatic rings. The summed E-state index contributed by atoms with van der Waals surface area (Å²) in [6.45, 7) is 10.0. The van der Waals surface area contributed by atoms with Crippen molar-refractivity contribution in [3.05, 3.63) is 180 Å². The second-order valence-corrected chi connectivity index (χ2v) is 24.4. The van der Waals surface area contributed by atoms with Gasteiger partial charge in [-0.1, -0.05) is 125 Å². The van der Waals surface area contributed by atoms with Crippen LogP contribution in [0.3, 0.4) is 0 Å². The molecule has 6 aromatic rings. The minimum Gasteiger partial charge on any atom is -0.279 e. The van der Waals surface area contributed by atoms with Gasteiger partial charge >= 0.3 is 31.3 Å². The normalized spacial score (nSPS) is 15.8. The van der Waals surface area contributed by atoms with Crippen LogP contribution in [0.4, 0.5) is 26.3 Å². The van der Waals surface area contributed by atoms with Gasteiger partial charge in [0.25, 0.3) is 0 Å². The minimum atomic E-state index is -5.84. The molecule has 0 saturated heterocycles. The van der Waals surface area contributed by atoms with Crippen LogP contribution in [0, 0.1) is 0 Å². The maximum atomic E-state index is 10.7. The van der Waals surface area contributed by atoms with Gasteiger partial charge < -0.3 is 0 Å². The Bertz CT molecular complexity index is 2510. The van der Waals surface area contributed by atoms with E-state index >= 15 is 0 Å². The summed E-state index contributed by atoms with van der Waals surface area (Å²) < 4.78 is 115. The number of benzene rings is 6. The first-order chi connectivity index (χ1) is 29.3.